The van der Waals surface area contributed by atoms with Gasteiger partial charge in [-0.1, -0.05) is 13.8 Å². The van der Waals surface area contributed by atoms with E-state index in [1.807, 2.05) is 13.8 Å². The quantitative estimate of drug-likeness (QED) is 0.377. The fraction of sp³-hybridized carbons (Fsp3) is 1.00. The van der Waals surface area contributed by atoms with Crippen LogP contribution in [0.5, 0.6) is 0 Å². The van der Waals surface area contributed by atoms with Crippen molar-refractivity contribution in [3.8, 4) is 0 Å². The molecule has 2 atom stereocenters. The first-order valence-corrected chi connectivity index (χ1v) is 4.47. The summed E-state index contributed by atoms with van der Waals surface area (Å²) in [4.78, 5) is 15.6. The van der Waals surface area contributed by atoms with Gasteiger partial charge in [0.15, 0.2) is 5.66 Å². The van der Waals surface area contributed by atoms with Gasteiger partial charge in [-0.25, -0.2) is 0 Å². The molecule has 3 N–H and O–H groups in total. The predicted octanol–water partition coefficient (Wildman–Crippen LogP) is 1.49. The summed E-state index contributed by atoms with van der Waals surface area (Å²) in [6, 6.07) is 0. The number of nitrogens with zero attached hydrogens (tertiary/aromatic N) is 1. The summed E-state index contributed by atoms with van der Waals surface area (Å²) in [6.45, 7) is 7.14. The van der Waals surface area contributed by atoms with Crippen molar-refractivity contribution in [2.75, 3.05) is 0 Å². The molecular formula is C8H19N3O2. The molecule has 0 radical (unpaired) electrons. The second-order valence-electron chi connectivity index (χ2n) is 3.59. The van der Waals surface area contributed by atoms with Gasteiger partial charge in [-0.2, -0.15) is 5.48 Å². The molecule has 2 unspecified atom stereocenters. The van der Waals surface area contributed by atoms with E-state index < -0.39 is 11.4 Å². The maximum Gasteiger partial charge on any atom is 0.171 e. The van der Waals surface area contributed by atoms with Gasteiger partial charge in [0.1, 0.15) is 5.72 Å². The third-order valence-corrected chi connectivity index (χ3v) is 2.10. The Morgan fingerprint density at radius 3 is 2.23 bits per heavy atom. The number of nitrogens with two attached hydrogens (primary N) is 1. The standard InChI is InChI=1S/C8H19N3O2/c1-5-7(3,9)13-11-8(4,6-2)10-12/h11H,5-6,9H2,1-4H3. The molecule has 0 amide bonds. The van der Waals surface area contributed by atoms with Gasteiger partial charge in [0.05, 0.1) is 0 Å². The van der Waals surface area contributed by atoms with E-state index in [9.17, 15) is 4.91 Å². The zero-order chi connectivity index (χ0) is 10.5. The average molecular weight is 189 g/mol. The molecule has 0 fully saturated rings. The molecule has 78 valence electrons. The average Bonchev–Trinajstić information content (AvgIpc) is 2.14. The minimum Gasteiger partial charge on any atom is -0.302 e. The fourth-order valence-electron chi connectivity index (χ4n) is 0.454. The van der Waals surface area contributed by atoms with Crippen LogP contribution in [0.4, 0.5) is 0 Å². The normalized spacial score (nSPS) is 20.4. The molecule has 0 saturated heterocycles. The van der Waals surface area contributed by atoms with E-state index in [-0.39, 0.29) is 0 Å². The zero-order valence-electron chi connectivity index (χ0n) is 8.76. The second kappa shape index (κ2) is 4.64. The number of rotatable bonds is 6. The van der Waals surface area contributed by atoms with Crippen LogP contribution in [0, 0.1) is 4.91 Å². The molecule has 5 nitrogen and oxygen atoms in total. The Labute approximate surface area is 78.9 Å². The molecule has 0 aromatic carbocycles. The van der Waals surface area contributed by atoms with Gasteiger partial charge in [-0.3, -0.25) is 4.84 Å². The van der Waals surface area contributed by atoms with Crippen molar-refractivity contribution in [2.45, 2.75) is 51.9 Å². The van der Waals surface area contributed by atoms with Gasteiger partial charge in [0, 0.05) is 0 Å². The molecule has 5 heteroatoms. The van der Waals surface area contributed by atoms with Crippen LogP contribution in [0.1, 0.15) is 40.5 Å². The molecule has 0 aliphatic heterocycles. The zero-order valence-corrected chi connectivity index (χ0v) is 8.76. The molecule has 0 spiro atoms. The van der Waals surface area contributed by atoms with Crippen molar-refractivity contribution < 1.29 is 4.84 Å². The number of hydroxylamine groups is 1. The summed E-state index contributed by atoms with van der Waals surface area (Å²) >= 11 is 0. The highest BCUT2D eigenvalue weighted by molar-refractivity contribution is 4.74. The fourth-order valence-corrected chi connectivity index (χ4v) is 0.454. The molecule has 0 rings (SSSR count). The van der Waals surface area contributed by atoms with Crippen LogP contribution in [-0.4, -0.2) is 11.4 Å². The van der Waals surface area contributed by atoms with Crippen LogP contribution < -0.4 is 11.2 Å². The van der Waals surface area contributed by atoms with E-state index >= 15 is 0 Å². The molecule has 13 heavy (non-hydrogen) atoms. The maximum atomic E-state index is 10.4. The minimum atomic E-state index is -0.893. The highest BCUT2D eigenvalue weighted by Crippen LogP contribution is 2.13. The third kappa shape index (κ3) is 4.31. The largest absolute Gasteiger partial charge is 0.302 e. The van der Waals surface area contributed by atoms with Crippen LogP contribution in [-0.2, 0) is 4.84 Å². The summed E-state index contributed by atoms with van der Waals surface area (Å²) in [5.41, 5.74) is 6.63. The maximum absolute atomic E-state index is 10.4. The third-order valence-electron chi connectivity index (χ3n) is 2.10. The summed E-state index contributed by atoms with van der Waals surface area (Å²) < 4.78 is 0. The first-order valence-electron chi connectivity index (χ1n) is 4.47. The van der Waals surface area contributed by atoms with Crippen molar-refractivity contribution in [1.29, 1.82) is 0 Å². The van der Waals surface area contributed by atoms with Gasteiger partial charge in [0.25, 0.3) is 0 Å². The highest BCUT2D eigenvalue weighted by Gasteiger charge is 2.26. The molecule has 0 aromatic heterocycles. The lowest BCUT2D eigenvalue weighted by atomic mass is 10.2. The Bertz CT molecular complexity index is 173. The van der Waals surface area contributed by atoms with Crippen LogP contribution >= 0.6 is 0 Å². The Hall–Kier alpha value is -0.520. The molecule has 0 aliphatic rings. The summed E-state index contributed by atoms with van der Waals surface area (Å²) in [6.07, 6.45) is 1.20. The van der Waals surface area contributed by atoms with Gasteiger partial charge in [0.2, 0.25) is 0 Å². The summed E-state index contributed by atoms with van der Waals surface area (Å²) in [5, 5.41) is 2.93. The van der Waals surface area contributed by atoms with Crippen LogP contribution in [0.15, 0.2) is 5.18 Å². The molecule has 0 aliphatic carbocycles. The predicted molar refractivity (Wildman–Crippen MR) is 51.6 cm³/mol. The molecule has 0 aromatic rings. The lowest BCUT2D eigenvalue weighted by Crippen LogP contribution is -2.50. The summed E-state index contributed by atoms with van der Waals surface area (Å²) in [7, 11) is 0. The van der Waals surface area contributed by atoms with Crippen molar-refractivity contribution in [3.05, 3.63) is 4.91 Å². The summed E-state index contributed by atoms with van der Waals surface area (Å²) in [5.74, 6) is 0. The van der Waals surface area contributed by atoms with Crippen LogP contribution in [0.2, 0.25) is 0 Å². The van der Waals surface area contributed by atoms with Gasteiger partial charge in [-0.15, -0.1) is 4.91 Å². The number of nitrogens with one attached hydrogen (secondary N) is 1. The Morgan fingerprint density at radius 2 is 1.92 bits per heavy atom. The van der Waals surface area contributed by atoms with E-state index in [1.54, 1.807) is 13.8 Å². The monoisotopic (exact) mass is 189 g/mol. The van der Waals surface area contributed by atoms with Crippen molar-refractivity contribution >= 4 is 0 Å². The van der Waals surface area contributed by atoms with E-state index in [4.69, 9.17) is 10.6 Å². The smallest absolute Gasteiger partial charge is 0.171 e. The Morgan fingerprint density at radius 1 is 1.38 bits per heavy atom. The number of hydrogen-bond acceptors (Lipinski definition) is 5. The molecule has 0 saturated carbocycles. The number of hydrogen-bond donors (Lipinski definition) is 2. The Kier molecular flexibility index (Phi) is 4.46. The lowest BCUT2D eigenvalue weighted by molar-refractivity contribution is -0.127. The molecule has 0 heterocycles. The van der Waals surface area contributed by atoms with Crippen LogP contribution in [0.25, 0.3) is 0 Å². The number of nitroso groups, excluding NO2 is 1. The Balaban J connectivity index is 4.06. The first-order chi connectivity index (χ1) is 5.89. The highest BCUT2D eigenvalue weighted by atomic mass is 16.7. The van der Waals surface area contributed by atoms with E-state index in [1.165, 1.54) is 0 Å². The van der Waals surface area contributed by atoms with Gasteiger partial charge in [-0.05, 0) is 31.9 Å². The topological polar surface area (TPSA) is 76.7 Å². The second-order valence-corrected chi connectivity index (χ2v) is 3.59. The van der Waals surface area contributed by atoms with E-state index in [0.717, 1.165) is 0 Å². The van der Waals surface area contributed by atoms with E-state index in [2.05, 4.69) is 10.7 Å². The molecular weight excluding hydrogens is 170 g/mol. The van der Waals surface area contributed by atoms with Crippen molar-refractivity contribution in [3.63, 3.8) is 0 Å². The van der Waals surface area contributed by atoms with Crippen LogP contribution in [0.3, 0.4) is 0 Å². The van der Waals surface area contributed by atoms with Crippen molar-refractivity contribution in [2.24, 2.45) is 10.9 Å². The van der Waals surface area contributed by atoms with E-state index in [0.29, 0.717) is 12.8 Å². The van der Waals surface area contributed by atoms with Gasteiger partial charge < -0.3 is 5.73 Å². The first kappa shape index (κ1) is 12.5. The van der Waals surface area contributed by atoms with Gasteiger partial charge >= 0.3 is 0 Å². The SMILES string of the molecule is CCC(C)(N=O)NOC(C)(N)CC. The minimum absolute atomic E-state index is 0.552. The van der Waals surface area contributed by atoms with Crippen molar-refractivity contribution in [1.82, 2.24) is 5.48 Å². The lowest BCUT2D eigenvalue weighted by Gasteiger charge is -2.28. The molecule has 0 bridgehead atoms.